The molecule has 0 bridgehead atoms. The molecule has 0 aliphatic rings. The number of nitrogens with zero attached hydrogens (tertiary/aromatic N) is 2. The van der Waals surface area contributed by atoms with Crippen LogP contribution < -0.4 is 11.1 Å². The first kappa shape index (κ1) is 15.2. The summed E-state index contributed by atoms with van der Waals surface area (Å²) in [6.45, 7) is 1.91. The number of hydrogen-bond acceptors (Lipinski definition) is 2. The van der Waals surface area contributed by atoms with Crippen LogP contribution in [0.5, 0.6) is 0 Å². The minimum absolute atomic E-state index is 0. The maximum absolute atomic E-state index is 5.65. The number of methoxy groups -OCH3 is 1. The summed E-state index contributed by atoms with van der Waals surface area (Å²) in [5.41, 5.74) is 6.79. The van der Waals surface area contributed by atoms with Gasteiger partial charge in [-0.3, -0.25) is 0 Å². The number of nitrogens with two attached hydrogens (primary N) is 1. The third-order valence-electron chi connectivity index (χ3n) is 1.94. The van der Waals surface area contributed by atoms with Crippen molar-refractivity contribution in [3.05, 3.63) is 24.0 Å². The first-order valence-corrected chi connectivity index (χ1v) is 4.86. The van der Waals surface area contributed by atoms with Crippen molar-refractivity contribution in [2.75, 3.05) is 20.3 Å². The molecule has 0 aliphatic heterocycles. The summed E-state index contributed by atoms with van der Waals surface area (Å²) in [7, 11) is 3.63. The van der Waals surface area contributed by atoms with E-state index >= 15 is 0 Å². The van der Waals surface area contributed by atoms with Crippen molar-refractivity contribution < 1.29 is 4.74 Å². The van der Waals surface area contributed by atoms with Crippen LogP contribution in [0.1, 0.15) is 5.56 Å². The van der Waals surface area contributed by atoms with Crippen LogP contribution in [0.25, 0.3) is 0 Å². The van der Waals surface area contributed by atoms with Gasteiger partial charge in [-0.05, 0) is 11.6 Å². The first-order chi connectivity index (χ1) is 7.22. The van der Waals surface area contributed by atoms with E-state index in [-0.39, 0.29) is 24.0 Å². The average molecular weight is 338 g/mol. The average Bonchev–Trinajstić information content (AvgIpc) is 2.62. The molecule has 0 radical (unpaired) electrons. The van der Waals surface area contributed by atoms with Gasteiger partial charge < -0.3 is 20.4 Å². The molecule has 0 amide bonds. The van der Waals surface area contributed by atoms with Crippen LogP contribution in [-0.2, 0) is 18.3 Å². The maximum atomic E-state index is 5.65. The molecule has 0 fully saturated rings. The molecule has 1 heterocycles. The van der Waals surface area contributed by atoms with Crippen molar-refractivity contribution in [1.82, 2.24) is 9.88 Å². The number of guanidine groups is 1. The Morgan fingerprint density at radius 2 is 2.38 bits per heavy atom. The van der Waals surface area contributed by atoms with Crippen molar-refractivity contribution in [1.29, 1.82) is 0 Å². The Balaban J connectivity index is 0.00000225. The standard InChI is InChI=1S/C10H18N4O.HI/c1-14-5-3-9(8-14)7-13-10(11)12-4-6-15-2;/h3,5,8H,4,6-7H2,1-2H3,(H3,11,12,13);1H. The highest BCUT2D eigenvalue weighted by atomic mass is 127. The van der Waals surface area contributed by atoms with Crippen LogP contribution in [0, 0.1) is 0 Å². The van der Waals surface area contributed by atoms with E-state index in [2.05, 4.69) is 10.3 Å². The molecule has 0 atom stereocenters. The predicted molar refractivity (Wildman–Crippen MR) is 76.0 cm³/mol. The topological polar surface area (TPSA) is 64.6 Å². The fourth-order valence-electron chi connectivity index (χ4n) is 1.17. The summed E-state index contributed by atoms with van der Waals surface area (Å²) in [6, 6.07) is 2.02. The molecule has 1 rings (SSSR count). The van der Waals surface area contributed by atoms with Gasteiger partial charge in [0, 0.05) is 33.1 Å². The molecule has 6 heteroatoms. The number of nitrogens with one attached hydrogen (secondary N) is 1. The molecule has 1 aromatic rings. The Morgan fingerprint density at radius 1 is 1.62 bits per heavy atom. The Morgan fingerprint density at radius 3 is 2.94 bits per heavy atom. The predicted octanol–water partition coefficient (Wildman–Crippen LogP) is 0.694. The zero-order valence-corrected chi connectivity index (χ0v) is 12.0. The molecule has 3 N–H and O–H groups in total. The Hall–Kier alpha value is -0.760. The summed E-state index contributed by atoms with van der Waals surface area (Å²) < 4.78 is 6.87. The third-order valence-corrected chi connectivity index (χ3v) is 1.94. The summed E-state index contributed by atoms with van der Waals surface area (Å²) in [5.74, 6) is 0.455. The molecule has 0 aliphatic carbocycles. The molecule has 16 heavy (non-hydrogen) atoms. The molecule has 1 aromatic heterocycles. The normalized spacial score (nSPS) is 11.0. The monoisotopic (exact) mass is 338 g/mol. The summed E-state index contributed by atoms with van der Waals surface area (Å²) in [4.78, 5) is 4.19. The van der Waals surface area contributed by atoms with E-state index in [1.54, 1.807) is 7.11 Å². The van der Waals surface area contributed by atoms with Crippen molar-refractivity contribution >= 4 is 29.9 Å². The zero-order chi connectivity index (χ0) is 11.1. The largest absolute Gasteiger partial charge is 0.383 e. The lowest BCUT2D eigenvalue weighted by Gasteiger charge is -2.03. The second kappa shape index (κ2) is 8.40. The van der Waals surface area contributed by atoms with Crippen LogP contribution >= 0.6 is 24.0 Å². The van der Waals surface area contributed by atoms with E-state index in [1.165, 1.54) is 0 Å². The van der Waals surface area contributed by atoms with Gasteiger partial charge in [0.1, 0.15) is 0 Å². The van der Waals surface area contributed by atoms with Crippen molar-refractivity contribution in [2.45, 2.75) is 6.54 Å². The number of halogens is 1. The lowest BCUT2D eigenvalue weighted by atomic mass is 10.3. The van der Waals surface area contributed by atoms with E-state index in [4.69, 9.17) is 10.5 Å². The lowest BCUT2D eigenvalue weighted by molar-refractivity contribution is 0.204. The Labute approximate surface area is 113 Å². The van der Waals surface area contributed by atoms with E-state index in [0.29, 0.717) is 25.7 Å². The molecule has 0 saturated heterocycles. The van der Waals surface area contributed by atoms with Gasteiger partial charge in [0.05, 0.1) is 13.2 Å². The number of aryl methyl sites for hydroxylation is 1. The minimum Gasteiger partial charge on any atom is -0.383 e. The SMILES string of the molecule is COCCNC(N)=NCc1ccn(C)c1.I. The molecule has 5 nitrogen and oxygen atoms in total. The summed E-state index contributed by atoms with van der Waals surface area (Å²) in [5, 5.41) is 2.96. The van der Waals surface area contributed by atoms with Crippen LogP contribution in [0.15, 0.2) is 23.5 Å². The van der Waals surface area contributed by atoms with Gasteiger partial charge in [0.25, 0.3) is 0 Å². The number of hydrogen-bond donors (Lipinski definition) is 2. The van der Waals surface area contributed by atoms with Gasteiger partial charge in [-0.25, -0.2) is 4.99 Å². The van der Waals surface area contributed by atoms with E-state index in [0.717, 1.165) is 5.56 Å². The van der Waals surface area contributed by atoms with Gasteiger partial charge in [-0.15, -0.1) is 24.0 Å². The summed E-state index contributed by atoms with van der Waals surface area (Å²) >= 11 is 0. The number of ether oxygens (including phenoxy) is 1. The highest BCUT2D eigenvalue weighted by Gasteiger charge is 1.94. The minimum atomic E-state index is 0. The Kier molecular flexibility index (Phi) is 8.00. The van der Waals surface area contributed by atoms with Crippen molar-refractivity contribution in [3.63, 3.8) is 0 Å². The van der Waals surface area contributed by atoms with E-state index in [1.807, 2.05) is 30.1 Å². The fraction of sp³-hybridized carbons (Fsp3) is 0.500. The van der Waals surface area contributed by atoms with Gasteiger partial charge in [-0.1, -0.05) is 0 Å². The highest BCUT2D eigenvalue weighted by molar-refractivity contribution is 14.0. The lowest BCUT2D eigenvalue weighted by Crippen LogP contribution is -2.34. The maximum Gasteiger partial charge on any atom is 0.188 e. The van der Waals surface area contributed by atoms with Gasteiger partial charge >= 0.3 is 0 Å². The second-order valence-electron chi connectivity index (χ2n) is 3.31. The third kappa shape index (κ3) is 5.96. The van der Waals surface area contributed by atoms with Gasteiger partial charge in [0.2, 0.25) is 0 Å². The number of rotatable bonds is 5. The van der Waals surface area contributed by atoms with Crippen LogP contribution in [0.3, 0.4) is 0 Å². The zero-order valence-electron chi connectivity index (χ0n) is 9.64. The molecular weight excluding hydrogens is 319 g/mol. The molecule has 0 aromatic carbocycles. The Bertz CT molecular complexity index is 324. The smallest absolute Gasteiger partial charge is 0.188 e. The fourth-order valence-corrected chi connectivity index (χ4v) is 1.17. The second-order valence-corrected chi connectivity index (χ2v) is 3.31. The van der Waals surface area contributed by atoms with E-state index in [9.17, 15) is 0 Å². The van der Waals surface area contributed by atoms with Gasteiger partial charge in [0.15, 0.2) is 5.96 Å². The van der Waals surface area contributed by atoms with Gasteiger partial charge in [-0.2, -0.15) is 0 Å². The van der Waals surface area contributed by atoms with E-state index < -0.39 is 0 Å². The van der Waals surface area contributed by atoms with Crippen molar-refractivity contribution in [3.8, 4) is 0 Å². The molecule has 0 spiro atoms. The number of aromatic nitrogens is 1. The quantitative estimate of drug-likeness (QED) is 0.359. The van der Waals surface area contributed by atoms with Crippen LogP contribution in [0.4, 0.5) is 0 Å². The molecule has 92 valence electrons. The number of aliphatic imine (C=N–C) groups is 1. The molecular formula is C10H19IN4O. The molecule has 0 unspecified atom stereocenters. The molecule has 0 saturated carbocycles. The van der Waals surface area contributed by atoms with Crippen LogP contribution in [0.2, 0.25) is 0 Å². The van der Waals surface area contributed by atoms with Crippen LogP contribution in [-0.4, -0.2) is 30.8 Å². The summed E-state index contributed by atoms with van der Waals surface area (Å²) in [6.07, 6.45) is 4.01. The van der Waals surface area contributed by atoms with Crippen molar-refractivity contribution in [2.24, 2.45) is 17.8 Å². The highest BCUT2D eigenvalue weighted by Crippen LogP contribution is 2.00. The first-order valence-electron chi connectivity index (χ1n) is 4.86.